The van der Waals surface area contributed by atoms with Gasteiger partial charge in [0.1, 0.15) is 5.82 Å². The summed E-state index contributed by atoms with van der Waals surface area (Å²) in [4.78, 5) is 7.25. The molecule has 3 aromatic rings. The maximum absolute atomic E-state index is 5.83. The van der Waals surface area contributed by atoms with Gasteiger partial charge in [-0.25, -0.2) is 4.98 Å². The summed E-state index contributed by atoms with van der Waals surface area (Å²) in [6.07, 6.45) is 2.29. The van der Waals surface area contributed by atoms with Gasteiger partial charge in [-0.15, -0.1) is 0 Å². The van der Waals surface area contributed by atoms with Gasteiger partial charge in [-0.1, -0.05) is 30.3 Å². The summed E-state index contributed by atoms with van der Waals surface area (Å²) in [5, 5.41) is 4.69. The van der Waals surface area contributed by atoms with E-state index < -0.39 is 0 Å². The van der Waals surface area contributed by atoms with Crippen molar-refractivity contribution < 1.29 is 0 Å². The summed E-state index contributed by atoms with van der Waals surface area (Å²) >= 11 is 0. The molecular weight excluding hydrogens is 308 g/mol. The number of piperidine rings is 1. The van der Waals surface area contributed by atoms with E-state index in [0.717, 1.165) is 54.9 Å². The van der Waals surface area contributed by atoms with Crippen LogP contribution in [-0.4, -0.2) is 29.0 Å². The Labute approximate surface area is 148 Å². The Hall–Kier alpha value is -2.59. The number of nitrogens with zero attached hydrogens (tertiary/aromatic N) is 2. The van der Waals surface area contributed by atoms with Gasteiger partial charge in [0.05, 0.1) is 5.52 Å². The fourth-order valence-electron chi connectivity index (χ4n) is 3.51. The first-order valence-electron chi connectivity index (χ1n) is 8.95. The number of hydrogen-bond donors (Lipinski definition) is 2. The van der Waals surface area contributed by atoms with Crippen LogP contribution in [0.4, 0.5) is 11.5 Å². The first kappa shape index (κ1) is 15.9. The van der Waals surface area contributed by atoms with E-state index in [9.17, 15) is 0 Å². The molecule has 25 heavy (non-hydrogen) atoms. The molecule has 0 radical (unpaired) electrons. The Kier molecular flexibility index (Phi) is 4.53. The van der Waals surface area contributed by atoms with Crippen molar-refractivity contribution in [1.82, 2.24) is 9.88 Å². The number of nitrogen functional groups attached to an aromatic ring is 1. The zero-order chi connectivity index (χ0) is 17.1. The SMILES string of the molecule is Nc1ccc2nc(NC3CCN(Cc4ccccc4)CC3)ccc2c1. The van der Waals surface area contributed by atoms with Crippen molar-refractivity contribution in [3.63, 3.8) is 0 Å². The van der Waals surface area contributed by atoms with Crippen LogP contribution in [0.5, 0.6) is 0 Å². The molecule has 0 amide bonds. The zero-order valence-electron chi connectivity index (χ0n) is 14.4. The van der Waals surface area contributed by atoms with Crippen molar-refractivity contribution in [2.75, 3.05) is 24.1 Å². The molecule has 0 aliphatic carbocycles. The molecule has 4 nitrogen and oxygen atoms in total. The topological polar surface area (TPSA) is 54.2 Å². The molecule has 0 spiro atoms. The lowest BCUT2D eigenvalue weighted by Gasteiger charge is -2.32. The Morgan fingerprint density at radius 2 is 1.80 bits per heavy atom. The third-order valence-corrected chi connectivity index (χ3v) is 4.90. The number of hydrogen-bond acceptors (Lipinski definition) is 4. The van der Waals surface area contributed by atoms with Crippen molar-refractivity contribution in [3.05, 3.63) is 66.2 Å². The number of rotatable bonds is 4. The Balaban J connectivity index is 1.34. The lowest BCUT2D eigenvalue weighted by molar-refractivity contribution is 0.211. The smallest absolute Gasteiger partial charge is 0.126 e. The maximum Gasteiger partial charge on any atom is 0.126 e. The van der Waals surface area contributed by atoms with Crippen molar-refractivity contribution in [1.29, 1.82) is 0 Å². The van der Waals surface area contributed by atoms with Crippen LogP contribution in [0.15, 0.2) is 60.7 Å². The Bertz CT molecular complexity index is 839. The van der Waals surface area contributed by atoms with Crippen LogP contribution in [-0.2, 0) is 6.54 Å². The Morgan fingerprint density at radius 3 is 2.60 bits per heavy atom. The summed E-state index contributed by atoms with van der Waals surface area (Å²) in [5.41, 5.74) is 8.99. The molecule has 2 aromatic carbocycles. The van der Waals surface area contributed by atoms with E-state index in [1.807, 2.05) is 18.2 Å². The molecule has 1 saturated heterocycles. The predicted octanol–water partition coefficient (Wildman–Crippen LogP) is 3.89. The average Bonchev–Trinajstić information content (AvgIpc) is 2.64. The van der Waals surface area contributed by atoms with Gasteiger partial charge in [0.15, 0.2) is 0 Å². The second-order valence-electron chi connectivity index (χ2n) is 6.83. The summed E-state index contributed by atoms with van der Waals surface area (Å²) in [5.74, 6) is 0.957. The maximum atomic E-state index is 5.83. The lowest BCUT2D eigenvalue weighted by atomic mass is 10.0. The number of likely N-dealkylation sites (tertiary alicyclic amines) is 1. The highest BCUT2D eigenvalue weighted by Gasteiger charge is 2.19. The zero-order valence-corrected chi connectivity index (χ0v) is 14.4. The van der Waals surface area contributed by atoms with Crippen molar-refractivity contribution in [3.8, 4) is 0 Å². The van der Waals surface area contributed by atoms with Crippen LogP contribution >= 0.6 is 0 Å². The van der Waals surface area contributed by atoms with Gasteiger partial charge in [0, 0.05) is 36.7 Å². The minimum atomic E-state index is 0.491. The molecule has 0 bridgehead atoms. The number of fused-ring (bicyclic) bond motifs is 1. The highest BCUT2D eigenvalue weighted by atomic mass is 15.1. The molecule has 2 heterocycles. The van der Waals surface area contributed by atoms with Crippen LogP contribution in [0.2, 0.25) is 0 Å². The van der Waals surface area contributed by atoms with Crippen LogP contribution in [0.1, 0.15) is 18.4 Å². The van der Waals surface area contributed by atoms with Gasteiger partial charge in [-0.2, -0.15) is 0 Å². The molecular formula is C21H24N4. The monoisotopic (exact) mass is 332 g/mol. The van der Waals surface area contributed by atoms with Crippen molar-refractivity contribution >= 4 is 22.4 Å². The molecule has 0 unspecified atom stereocenters. The number of nitrogens with one attached hydrogen (secondary N) is 1. The molecule has 1 aliphatic rings. The number of nitrogens with two attached hydrogens (primary N) is 1. The lowest BCUT2D eigenvalue weighted by Crippen LogP contribution is -2.38. The normalized spacial score (nSPS) is 16.2. The number of pyridine rings is 1. The van der Waals surface area contributed by atoms with E-state index in [4.69, 9.17) is 10.7 Å². The number of aromatic nitrogens is 1. The van der Waals surface area contributed by atoms with E-state index in [1.54, 1.807) is 0 Å². The van der Waals surface area contributed by atoms with Gasteiger partial charge < -0.3 is 11.1 Å². The molecule has 0 atom stereocenters. The summed E-state index contributed by atoms with van der Waals surface area (Å²) in [7, 11) is 0. The first-order valence-corrected chi connectivity index (χ1v) is 8.95. The van der Waals surface area contributed by atoms with E-state index in [1.165, 1.54) is 5.56 Å². The molecule has 1 aromatic heterocycles. The minimum absolute atomic E-state index is 0.491. The molecule has 1 fully saturated rings. The largest absolute Gasteiger partial charge is 0.399 e. The molecule has 4 heteroatoms. The first-order chi connectivity index (χ1) is 12.3. The third-order valence-electron chi connectivity index (χ3n) is 4.90. The summed E-state index contributed by atoms with van der Waals surface area (Å²) in [6, 6.07) is 21.2. The van der Waals surface area contributed by atoms with Crippen molar-refractivity contribution in [2.45, 2.75) is 25.4 Å². The van der Waals surface area contributed by atoms with Crippen molar-refractivity contribution in [2.24, 2.45) is 0 Å². The fourth-order valence-corrected chi connectivity index (χ4v) is 3.51. The van der Waals surface area contributed by atoms with Crippen LogP contribution in [0, 0.1) is 0 Å². The van der Waals surface area contributed by atoms with E-state index in [0.29, 0.717) is 6.04 Å². The van der Waals surface area contributed by atoms with Gasteiger partial charge in [0.2, 0.25) is 0 Å². The quantitative estimate of drug-likeness (QED) is 0.712. The highest BCUT2D eigenvalue weighted by Crippen LogP contribution is 2.21. The molecule has 3 N–H and O–H groups in total. The average molecular weight is 332 g/mol. The summed E-state index contributed by atoms with van der Waals surface area (Å²) < 4.78 is 0. The number of benzene rings is 2. The van der Waals surface area contributed by atoms with Crippen LogP contribution in [0.3, 0.4) is 0 Å². The summed E-state index contributed by atoms with van der Waals surface area (Å²) in [6.45, 7) is 3.29. The minimum Gasteiger partial charge on any atom is -0.399 e. The second-order valence-corrected chi connectivity index (χ2v) is 6.83. The van der Waals surface area contributed by atoms with Gasteiger partial charge in [-0.3, -0.25) is 4.90 Å². The molecule has 0 saturated carbocycles. The van der Waals surface area contributed by atoms with Crippen LogP contribution < -0.4 is 11.1 Å². The third kappa shape index (κ3) is 3.91. The van der Waals surface area contributed by atoms with Gasteiger partial charge in [0.25, 0.3) is 0 Å². The van der Waals surface area contributed by atoms with E-state index in [-0.39, 0.29) is 0 Å². The highest BCUT2D eigenvalue weighted by molar-refractivity contribution is 5.83. The predicted molar refractivity (Wildman–Crippen MR) is 105 cm³/mol. The van der Waals surface area contributed by atoms with Crippen LogP contribution in [0.25, 0.3) is 10.9 Å². The fraction of sp³-hybridized carbons (Fsp3) is 0.286. The molecule has 128 valence electrons. The van der Waals surface area contributed by atoms with E-state index in [2.05, 4.69) is 52.7 Å². The van der Waals surface area contributed by atoms with Gasteiger partial charge >= 0.3 is 0 Å². The standard InChI is InChI=1S/C21H24N4/c22-18-7-8-20-17(14-18)6-9-21(24-20)23-19-10-12-25(13-11-19)15-16-4-2-1-3-5-16/h1-9,14,19H,10-13,15,22H2,(H,23,24). The number of anilines is 2. The van der Waals surface area contributed by atoms with Gasteiger partial charge in [-0.05, 0) is 48.7 Å². The Morgan fingerprint density at radius 1 is 1.00 bits per heavy atom. The van der Waals surface area contributed by atoms with E-state index >= 15 is 0 Å². The molecule has 1 aliphatic heterocycles. The second kappa shape index (κ2) is 7.11. The molecule has 4 rings (SSSR count).